The molecular weight excluding hydrogens is 808 g/mol. The number of carboxylic acid groups (broad SMARTS) is 2. The van der Waals surface area contributed by atoms with Crippen LogP contribution in [-0.4, -0.2) is 113 Å². The number of carboxylic acids is 2. The van der Waals surface area contributed by atoms with Gasteiger partial charge in [-0.15, -0.1) is 23.1 Å². The van der Waals surface area contributed by atoms with Crippen molar-refractivity contribution >= 4 is 74.5 Å². The molecule has 2 bridgehead atoms. The number of rotatable bonds is 12. The van der Waals surface area contributed by atoms with Gasteiger partial charge in [0.25, 0.3) is 11.8 Å². The van der Waals surface area contributed by atoms with Gasteiger partial charge in [-0.2, -0.15) is 0 Å². The Balaban J connectivity index is 0.00000567. The van der Waals surface area contributed by atoms with E-state index in [2.05, 4.69) is 25.8 Å². The molecule has 0 radical (unpaired) electrons. The van der Waals surface area contributed by atoms with Crippen molar-refractivity contribution < 1.29 is 83.3 Å². The van der Waals surface area contributed by atoms with E-state index >= 15 is 0 Å². The summed E-state index contributed by atoms with van der Waals surface area (Å²) in [6, 6.07) is 1.25. The standard InChI is InChI=1S/C36H40N8O11S2.Na/c1-16-19(14-44-7-4-36(5-8-44,6-9-44)32(52)39-13-17-12-38-20-11-23(46)22(45)10-18(20)27(17)47)26(31(50)51)43-29(49)25(30(43)57-16)41-28(48)24(21-15-56-34(37)40-21)42-55-35(2,3)33(53)54;/h10-12,15-16,25,30H,4-9,13-14H2,1-3H3,(H8-,37,38,39,40,41,42,45,46,47,48,50,51,52,53,54);/q;+1/p-1/t16-,25+,30+,36?,44?;/m0./s1. The van der Waals surface area contributed by atoms with Crippen LogP contribution in [0.15, 0.2) is 44.9 Å². The number of oxime groups is 1. The maximum Gasteiger partial charge on any atom is 1.00 e. The Kier molecular flexibility index (Phi) is 11.7. The number of carbonyl (C=O) groups excluding carboxylic acids is 5. The van der Waals surface area contributed by atoms with Gasteiger partial charge in [0.1, 0.15) is 23.7 Å². The second kappa shape index (κ2) is 15.8. The SMILES string of the molecule is C[C@@H]1S[C@@H]2[C@H](NC(=O)/C(=N\OC(C)(C)C(=O)[O-])c3csc(N)n3)C(=O)N2C(C(=O)[O-])=C1C[N+]12CCC(C(=O)NCc3c[nH]c4cc(O)c(O)cc4c3=O)(CC1)CC2.[Na+]. The molecule has 7 N–H and O–H groups in total. The minimum absolute atomic E-state index is 0. The number of aromatic hydroxyl groups is 2. The number of nitrogen functional groups attached to an aromatic ring is 1. The number of nitrogens with one attached hydrogen (secondary N) is 3. The van der Waals surface area contributed by atoms with Gasteiger partial charge in [0, 0.05) is 65.2 Å². The van der Waals surface area contributed by atoms with Crippen LogP contribution in [0.5, 0.6) is 11.5 Å². The van der Waals surface area contributed by atoms with Gasteiger partial charge < -0.3 is 60.7 Å². The zero-order valence-electron chi connectivity index (χ0n) is 31.9. The van der Waals surface area contributed by atoms with Gasteiger partial charge in [-0.1, -0.05) is 5.16 Å². The number of phenolic OH excluding ortho intramolecular Hbond substituents is 2. The van der Waals surface area contributed by atoms with Gasteiger partial charge in [0.05, 0.1) is 48.2 Å². The van der Waals surface area contributed by atoms with E-state index in [0.29, 0.717) is 61.0 Å². The number of H-pyrrole nitrogens is 1. The van der Waals surface area contributed by atoms with Crippen molar-refractivity contribution in [1.29, 1.82) is 0 Å². The number of β-lactam (4-membered cyclic amide) rings is 1. The number of amides is 3. The first-order valence-corrected chi connectivity index (χ1v) is 19.8. The number of anilines is 1. The van der Waals surface area contributed by atoms with Gasteiger partial charge in [0.15, 0.2) is 33.4 Å². The molecule has 3 aromatic rings. The number of nitrogens with zero attached hydrogens (tertiary/aromatic N) is 4. The van der Waals surface area contributed by atoms with E-state index in [1.54, 1.807) is 0 Å². The smallest absolute Gasteiger partial charge is 0.546 e. The fraction of sp³-hybridized carbons (Fsp3) is 0.444. The van der Waals surface area contributed by atoms with Crippen molar-refractivity contribution in [2.45, 2.75) is 68.8 Å². The Morgan fingerprint density at radius 2 is 1.79 bits per heavy atom. The third-order valence-corrected chi connectivity index (χ3v) is 13.5. The molecule has 0 aliphatic carbocycles. The molecule has 0 spiro atoms. The largest absolute Gasteiger partial charge is 1.00 e. The van der Waals surface area contributed by atoms with Crippen LogP contribution in [0, 0.1) is 5.41 Å². The number of hydrogen-bond acceptors (Lipinski definition) is 16. The van der Waals surface area contributed by atoms with Crippen molar-refractivity contribution in [3.63, 3.8) is 0 Å². The Morgan fingerprint density at radius 1 is 1.14 bits per heavy atom. The van der Waals surface area contributed by atoms with Crippen LogP contribution in [0.3, 0.4) is 0 Å². The molecule has 3 amide bonds. The van der Waals surface area contributed by atoms with Crippen molar-refractivity contribution in [1.82, 2.24) is 25.5 Å². The zero-order valence-corrected chi connectivity index (χ0v) is 35.6. The maximum absolute atomic E-state index is 13.6. The molecular formula is C36H39N8NaO11S2. The van der Waals surface area contributed by atoms with E-state index in [0.717, 1.165) is 16.2 Å². The van der Waals surface area contributed by atoms with Gasteiger partial charge in [-0.3, -0.25) is 24.1 Å². The van der Waals surface area contributed by atoms with Crippen LogP contribution in [0.4, 0.5) is 5.13 Å². The summed E-state index contributed by atoms with van der Waals surface area (Å²) in [5, 5.41) is 53.5. The number of nitrogens with two attached hydrogens (primary N) is 1. The van der Waals surface area contributed by atoms with Crippen molar-refractivity contribution in [3.8, 4) is 11.5 Å². The van der Waals surface area contributed by atoms with E-state index < -0.39 is 68.3 Å². The average Bonchev–Trinajstić information content (AvgIpc) is 3.60. The number of aromatic nitrogens is 2. The van der Waals surface area contributed by atoms with Crippen LogP contribution in [0.25, 0.3) is 10.9 Å². The van der Waals surface area contributed by atoms with Crippen LogP contribution < -0.4 is 61.6 Å². The number of phenols is 2. The first kappa shape index (κ1) is 42.9. The first-order valence-electron chi connectivity index (χ1n) is 18.0. The molecule has 5 aliphatic rings. The monoisotopic (exact) mass is 846 g/mol. The molecule has 1 aromatic carbocycles. The molecule has 302 valence electrons. The van der Waals surface area contributed by atoms with Gasteiger partial charge >= 0.3 is 29.6 Å². The fourth-order valence-corrected chi connectivity index (χ4v) is 9.83. The molecule has 3 atom stereocenters. The minimum Gasteiger partial charge on any atom is -0.546 e. The molecule has 19 nitrogen and oxygen atoms in total. The third kappa shape index (κ3) is 7.65. The average molecular weight is 847 g/mol. The Bertz CT molecular complexity index is 2340. The van der Waals surface area contributed by atoms with E-state index in [1.165, 1.54) is 49.3 Å². The zero-order chi connectivity index (χ0) is 41.2. The molecule has 58 heavy (non-hydrogen) atoms. The summed E-state index contributed by atoms with van der Waals surface area (Å²) in [4.78, 5) is 91.2. The van der Waals surface area contributed by atoms with Crippen LogP contribution in [-0.2, 0) is 35.4 Å². The number of piperidine rings is 3. The Hall–Kier alpha value is -4.67. The number of quaternary nitrogens is 1. The van der Waals surface area contributed by atoms with E-state index in [4.69, 9.17) is 10.6 Å². The topological polar surface area (TPSA) is 293 Å². The summed E-state index contributed by atoms with van der Waals surface area (Å²) in [7, 11) is 0. The molecule has 4 fully saturated rings. The summed E-state index contributed by atoms with van der Waals surface area (Å²) >= 11 is 2.29. The third-order valence-electron chi connectivity index (χ3n) is 11.4. The number of hydrogen-bond donors (Lipinski definition) is 6. The number of benzene rings is 1. The molecule has 22 heteroatoms. The number of fused-ring (bicyclic) bond motifs is 5. The van der Waals surface area contributed by atoms with Crippen molar-refractivity contribution in [2.75, 3.05) is 31.9 Å². The summed E-state index contributed by atoms with van der Waals surface area (Å²) in [6.07, 6.45) is 3.02. The number of thiazole rings is 1. The minimum atomic E-state index is -1.92. The fourth-order valence-electron chi connectivity index (χ4n) is 7.84. The molecule has 0 saturated carbocycles. The van der Waals surface area contributed by atoms with Crippen LogP contribution in [0.2, 0.25) is 0 Å². The molecule has 0 unspecified atom stereocenters. The van der Waals surface area contributed by atoms with Gasteiger partial charge in [-0.05, 0) is 26.8 Å². The molecule has 7 heterocycles. The molecule has 8 rings (SSSR count). The molecule has 4 saturated heterocycles. The van der Waals surface area contributed by atoms with Crippen molar-refractivity contribution in [3.05, 3.63) is 56.5 Å². The number of aliphatic carboxylic acids is 2. The predicted octanol–water partition coefficient (Wildman–Crippen LogP) is -4.66. The Morgan fingerprint density at radius 3 is 2.40 bits per heavy atom. The predicted molar refractivity (Wildman–Crippen MR) is 201 cm³/mol. The molecule has 5 aliphatic heterocycles. The Labute approximate surface area is 360 Å². The summed E-state index contributed by atoms with van der Waals surface area (Å²) in [6.45, 7) is 6.15. The quantitative estimate of drug-likeness (QED) is 0.0250. The number of pyridine rings is 1. The maximum atomic E-state index is 13.6. The van der Waals surface area contributed by atoms with E-state index in [-0.39, 0.29) is 75.2 Å². The van der Waals surface area contributed by atoms with Gasteiger partial charge in [-0.25, -0.2) is 4.98 Å². The molecule has 2 aromatic heterocycles. The van der Waals surface area contributed by atoms with Crippen molar-refractivity contribution in [2.24, 2.45) is 10.6 Å². The van der Waals surface area contributed by atoms with Crippen LogP contribution in [0.1, 0.15) is 51.3 Å². The number of thioether (sulfide) groups is 1. The number of aromatic amines is 1. The summed E-state index contributed by atoms with van der Waals surface area (Å²) in [5.41, 5.74) is 3.16. The second-order valence-corrected chi connectivity index (χ2v) is 17.7. The van der Waals surface area contributed by atoms with E-state index in [9.17, 15) is 49.2 Å². The summed E-state index contributed by atoms with van der Waals surface area (Å²) < 4.78 is 0.512. The normalized spacial score (nSPS) is 25.4. The van der Waals surface area contributed by atoms with Gasteiger partial charge in [0.2, 0.25) is 5.91 Å². The van der Waals surface area contributed by atoms with E-state index in [1.807, 2.05) is 6.92 Å². The van der Waals surface area contributed by atoms with Crippen LogP contribution >= 0.6 is 23.1 Å². The number of carbonyl (C=O) groups is 5. The summed E-state index contributed by atoms with van der Waals surface area (Å²) in [5.74, 6) is -5.73. The second-order valence-electron chi connectivity index (χ2n) is 15.3. The first-order chi connectivity index (χ1) is 26.8.